The van der Waals surface area contributed by atoms with Gasteiger partial charge >= 0.3 is 0 Å². The zero-order valence-corrected chi connectivity index (χ0v) is 18.2. The summed E-state index contributed by atoms with van der Waals surface area (Å²) in [5.41, 5.74) is 0. The second-order valence-electron chi connectivity index (χ2n) is 7.40. The molecule has 0 nitrogen and oxygen atoms in total. The average Bonchev–Trinajstić information content (AvgIpc) is 2.59. The van der Waals surface area contributed by atoms with Gasteiger partial charge in [-0.15, -0.1) is 13.2 Å². The number of hydrogen-bond donors (Lipinski definition) is 0. The zero-order valence-electron chi connectivity index (χ0n) is 16.5. The van der Waals surface area contributed by atoms with Crippen LogP contribution in [0.5, 0.6) is 0 Å². The summed E-state index contributed by atoms with van der Waals surface area (Å²) in [6.45, 7) is 9.89. The van der Waals surface area contributed by atoms with Crippen molar-refractivity contribution in [3.8, 4) is 0 Å². The van der Waals surface area contributed by atoms with E-state index in [4.69, 9.17) is 11.1 Å². The minimum Gasteiger partial charge on any atom is -0.167 e. The predicted molar refractivity (Wildman–Crippen MR) is 117 cm³/mol. The summed E-state index contributed by atoms with van der Waals surface area (Å²) in [4.78, 5) is 0. The van der Waals surface area contributed by atoms with Gasteiger partial charge in [0.25, 0.3) is 0 Å². The van der Waals surface area contributed by atoms with Crippen LogP contribution in [0.1, 0.15) is 96.8 Å². The number of unbranched alkanes of at least 4 members (excludes halogenated alkanes) is 12. The maximum absolute atomic E-state index is 7.00. The third-order valence-electron chi connectivity index (χ3n) is 5.20. The Kier molecular flexibility index (Phi) is 17.8. The lowest BCUT2D eigenvalue weighted by atomic mass is 10.1. The molecule has 0 aromatic rings. The number of hydrogen-bond acceptors (Lipinski definition) is 0. The zero-order chi connectivity index (χ0) is 17.9. The fourth-order valence-corrected chi connectivity index (χ4v) is 6.88. The highest BCUT2D eigenvalue weighted by Crippen LogP contribution is 2.30. The summed E-state index contributed by atoms with van der Waals surface area (Å²) in [5, 5.41) is 0. The van der Waals surface area contributed by atoms with Gasteiger partial charge in [-0.25, -0.2) is 0 Å². The molecule has 0 radical (unpaired) electrons. The van der Waals surface area contributed by atoms with E-state index >= 15 is 0 Å². The molecule has 0 unspecified atom stereocenters. The molecule has 0 N–H and O–H groups in total. The fraction of sp³-hybridized carbons (Fsp3) is 0.818. The van der Waals surface area contributed by atoms with Gasteiger partial charge in [-0.3, -0.25) is 0 Å². The standard InChI is InChI=1S/C22H43ClSi/c1-4-7-9-11-13-15-17-19-21-24(23,6-3)22-20-18-16-14-12-10-8-5-2/h4-5H,1-2,6-22H2,3H3. The summed E-state index contributed by atoms with van der Waals surface area (Å²) in [7, 11) is -1.44. The molecule has 0 aliphatic carbocycles. The van der Waals surface area contributed by atoms with Gasteiger partial charge in [0.15, 0.2) is 7.38 Å². The topological polar surface area (TPSA) is 0 Å². The van der Waals surface area contributed by atoms with E-state index in [1.165, 1.54) is 108 Å². The van der Waals surface area contributed by atoms with Gasteiger partial charge in [0, 0.05) is 0 Å². The second kappa shape index (κ2) is 17.8. The molecule has 0 bridgehead atoms. The minimum absolute atomic E-state index is 1.18. The molecule has 0 heterocycles. The first kappa shape index (κ1) is 24.0. The maximum Gasteiger partial charge on any atom is 0.156 e. The van der Waals surface area contributed by atoms with Gasteiger partial charge in [-0.05, 0) is 43.8 Å². The molecular weight excluding hydrogens is 328 g/mol. The van der Waals surface area contributed by atoms with Crippen LogP contribution in [0.4, 0.5) is 0 Å². The molecule has 0 saturated carbocycles. The smallest absolute Gasteiger partial charge is 0.156 e. The lowest BCUT2D eigenvalue weighted by molar-refractivity contribution is 0.604. The molecule has 0 spiro atoms. The van der Waals surface area contributed by atoms with Crippen LogP contribution in [0.25, 0.3) is 0 Å². The summed E-state index contributed by atoms with van der Waals surface area (Å²) >= 11 is 7.00. The molecule has 0 saturated heterocycles. The summed E-state index contributed by atoms with van der Waals surface area (Å²) in [6.07, 6.45) is 22.9. The van der Waals surface area contributed by atoms with Gasteiger partial charge in [-0.2, -0.15) is 11.1 Å². The van der Waals surface area contributed by atoms with Crippen molar-refractivity contribution in [1.82, 2.24) is 0 Å². The van der Waals surface area contributed by atoms with Crippen LogP contribution in [0, 0.1) is 0 Å². The molecule has 142 valence electrons. The summed E-state index contributed by atoms with van der Waals surface area (Å²) < 4.78 is 0. The molecule has 2 heteroatoms. The Bertz CT molecular complexity index is 264. The van der Waals surface area contributed by atoms with Crippen LogP contribution in [0.2, 0.25) is 18.1 Å². The lowest BCUT2D eigenvalue weighted by Gasteiger charge is -2.23. The summed E-state index contributed by atoms with van der Waals surface area (Å²) in [6, 6.07) is 3.95. The molecule has 0 fully saturated rings. The van der Waals surface area contributed by atoms with Crippen LogP contribution in [-0.2, 0) is 0 Å². The Morgan fingerprint density at radius 1 is 0.625 bits per heavy atom. The highest BCUT2D eigenvalue weighted by Gasteiger charge is 2.27. The maximum atomic E-state index is 7.00. The van der Waals surface area contributed by atoms with E-state index in [1.54, 1.807) is 0 Å². The predicted octanol–water partition coefficient (Wildman–Crippen LogP) is 9.02. The van der Waals surface area contributed by atoms with Crippen molar-refractivity contribution in [2.45, 2.75) is 115 Å². The first-order chi connectivity index (χ1) is 11.7. The number of rotatable bonds is 19. The van der Waals surface area contributed by atoms with E-state index in [0.717, 1.165) is 0 Å². The fourth-order valence-electron chi connectivity index (χ4n) is 3.35. The van der Waals surface area contributed by atoms with Crippen molar-refractivity contribution >= 4 is 18.5 Å². The molecule has 0 rings (SSSR count). The second-order valence-corrected chi connectivity index (χ2v) is 13.8. The van der Waals surface area contributed by atoms with Crippen molar-refractivity contribution in [3.05, 3.63) is 25.3 Å². The first-order valence-electron chi connectivity index (χ1n) is 10.6. The quantitative estimate of drug-likeness (QED) is 0.0920. The molecule has 0 amide bonds. The van der Waals surface area contributed by atoms with E-state index < -0.39 is 7.38 Å². The van der Waals surface area contributed by atoms with Crippen molar-refractivity contribution in [2.75, 3.05) is 0 Å². The molecule has 0 aliphatic heterocycles. The SMILES string of the molecule is C=CCCCCCCCC[Si](Cl)(CC)CCCCCCCCC=C. The molecule has 24 heavy (non-hydrogen) atoms. The van der Waals surface area contributed by atoms with Crippen molar-refractivity contribution in [3.63, 3.8) is 0 Å². The lowest BCUT2D eigenvalue weighted by Crippen LogP contribution is -2.25. The van der Waals surface area contributed by atoms with Gasteiger partial charge in [-0.1, -0.05) is 83.3 Å². The van der Waals surface area contributed by atoms with Gasteiger partial charge < -0.3 is 0 Å². The highest BCUT2D eigenvalue weighted by molar-refractivity contribution is 7.20. The van der Waals surface area contributed by atoms with Crippen LogP contribution in [-0.4, -0.2) is 7.38 Å². The Balaban J connectivity index is 3.54. The Morgan fingerprint density at radius 3 is 1.29 bits per heavy atom. The molecular formula is C22H43ClSi. The minimum atomic E-state index is -1.44. The van der Waals surface area contributed by atoms with E-state index in [-0.39, 0.29) is 0 Å². The van der Waals surface area contributed by atoms with Crippen LogP contribution in [0.3, 0.4) is 0 Å². The van der Waals surface area contributed by atoms with E-state index in [2.05, 4.69) is 20.1 Å². The van der Waals surface area contributed by atoms with Gasteiger partial charge in [0.05, 0.1) is 0 Å². The largest absolute Gasteiger partial charge is 0.167 e. The molecule has 0 aromatic carbocycles. The normalized spacial score (nSPS) is 11.6. The summed E-state index contributed by atoms with van der Waals surface area (Å²) in [5.74, 6) is 0. The Hall–Kier alpha value is -0.0131. The van der Waals surface area contributed by atoms with Gasteiger partial charge in [0.1, 0.15) is 0 Å². The third kappa shape index (κ3) is 15.5. The third-order valence-corrected chi connectivity index (χ3v) is 10.9. The van der Waals surface area contributed by atoms with Crippen LogP contribution < -0.4 is 0 Å². The molecule has 0 aromatic heterocycles. The molecule has 0 aliphatic rings. The monoisotopic (exact) mass is 370 g/mol. The van der Waals surface area contributed by atoms with Crippen LogP contribution in [0.15, 0.2) is 25.3 Å². The number of allylic oxidation sites excluding steroid dienone is 2. The average molecular weight is 371 g/mol. The van der Waals surface area contributed by atoms with Crippen LogP contribution >= 0.6 is 11.1 Å². The van der Waals surface area contributed by atoms with E-state index in [9.17, 15) is 0 Å². The number of halogens is 1. The first-order valence-corrected chi connectivity index (χ1v) is 14.2. The Morgan fingerprint density at radius 2 is 0.958 bits per heavy atom. The van der Waals surface area contributed by atoms with Gasteiger partial charge in [0.2, 0.25) is 0 Å². The van der Waals surface area contributed by atoms with Crippen molar-refractivity contribution in [1.29, 1.82) is 0 Å². The highest BCUT2D eigenvalue weighted by atomic mass is 35.6. The van der Waals surface area contributed by atoms with Crippen molar-refractivity contribution < 1.29 is 0 Å². The Labute approximate surface area is 158 Å². The van der Waals surface area contributed by atoms with E-state index in [1.807, 2.05) is 12.2 Å². The molecule has 0 atom stereocenters. The van der Waals surface area contributed by atoms with Crippen molar-refractivity contribution in [2.24, 2.45) is 0 Å². The van der Waals surface area contributed by atoms with E-state index in [0.29, 0.717) is 0 Å².